The fraction of sp³-hybridized carbons (Fsp3) is 0.385. The minimum Gasteiger partial charge on any atom is -0.348 e. The molecule has 0 radical (unpaired) electrons. The maximum absolute atomic E-state index is 13.3. The molecule has 6 heteroatoms. The van der Waals surface area contributed by atoms with Gasteiger partial charge >= 0.3 is 0 Å². The van der Waals surface area contributed by atoms with Gasteiger partial charge in [0, 0.05) is 11.6 Å². The lowest BCUT2D eigenvalue weighted by Crippen LogP contribution is -2.34. The van der Waals surface area contributed by atoms with E-state index in [1.165, 1.54) is 0 Å². The quantitative estimate of drug-likeness (QED) is 0.426. The molecule has 0 fully saturated rings. The van der Waals surface area contributed by atoms with Crippen LogP contribution >= 0.6 is 11.6 Å². The maximum Gasteiger partial charge on any atom is 0.270 e. The van der Waals surface area contributed by atoms with Crippen LogP contribution in [0, 0.1) is 6.92 Å². The van der Waals surface area contributed by atoms with Crippen LogP contribution in [0.15, 0.2) is 54.6 Å². The fourth-order valence-corrected chi connectivity index (χ4v) is 4.06. The van der Waals surface area contributed by atoms with Crippen molar-refractivity contribution >= 4 is 17.5 Å². The van der Waals surface area contributed by atoms with E-state index in [2.05, 4.69) is 31.0 Å². The summed E-state index contributed by atoms with van der Waals surface area (Å²) in [6.45, 7) is 11.6. The molecule has 0 aliphatic rings. The Balaban J connectivity index is 1.84. The molecule has 1 N–H and O–H groups in total. The van der Waals surface area contributed by atoms with Gasteiger partial charge in [-0.3, -0.25) is 4.79 Å². The SMILES string of the molecule is CCN(CC)CCCC(C)NC(=O)c1cc(-c2ccccc2Cl)nn1-c1cccc(C)c1. The largest absolute Gasteiger partial charge is 0.348 e. The third kappa shape index (κ3) is 5.99. The molecule has 0 aliphatic carbocycles. The highest BCUT2D eigenvalue weighted by Crippen LogP contribution is 2.28. The van der Waals surface area contributed by atoms with Gasteiger partial charge in [-0.1, -0.05) is 55.8 Å². The van der Waals surface area contributed by atoms with Crippen LogP contribution in [0.25, 0.3) is 16.9 Å². The summed E-state index contributed by atoms with van der Waals surface area (Å²) in [4.78, 5) is 15.7. The van der Waals surface area contributed by atoms with Gasteiger partial charge in [-0.05, 0) is 76.2 Å². The van der Waals surface area contributed by atoms with E-state index in [0.717, 1.165) is 49.3 Å². The van der Waals surface area contributed by atoms with Gasteiger partial charge in [-0.25, -0.2) is 4.68 Å². The van der Waals surface area contributed by atoms with Crippen LogP contribution in [0.1, 0.15) is 49.7 Å². The Morgan fingerprint density at radius 1 is 1.12 bits per heavy atom. The monoisotopic (exact) mass is 452 g/mol. The molecule has 3 aromatic rings. The molecule has 0 spiro atoms. The number of halogens is 1. The number of nitrogens with one attached hydrogen (secondary N) is 1. The molecule has 0 bridgehead atoms. The highest BCUT2D eigenvalue weighted by molar-refractivity contribution is 6.33. The number of hydrogen-bond acceptors (Lipinski definition) is 3. The number of aryl methyl sites for hydroxylation is 1. The fourth-order valence-electron chi connectivity index (χ4n) is 3.83. The van der Waals surface area contributed by atoms with Gasteiger partial charge in [0.25, 0.3) is 5.91 Å². The normalized spacial score (nSPS) is 12.2. The highest BCUT2D eigenvalue weighted by atomic mass is 35.5. The van der Waals surface area contributed by atoms with Crippen molar-refractivity contribution in [1.29, 1.82) is 0 Å². The Kier molecular flexibility index (Phi) is 8.48. The van der Waals surface area contributed by atoms with E-state index in [0.29, 0.717) is 16.4 Å². The molecule has 1 amide bonds. The van der Waals surface area contributed by atoms with Crippen molar-refractivity contribution in [1.82, 2.24) is 20.0 Å². The molecule has 0 saturated heterocycles. The Morgan fingerprint density at radius 3 is 2.56 bits per heavy atom. The molecule has 32 heavy (non-hydrogen) atoms. The molecule has 1 heterocycles. The molecule has 5 nitrogen and oxygen atoms in total. The zero-order chi connectivity index (χ0) is 23.1. The van der Waals surface area contributed by atoms with Crippen molar-refractivity contribution in [3.05, 3.63) is 70.9 Å². The van der Waals surface area contributed by atoms with Gasteiger partial charge in [0.15, 0.2) is 0 Å². The van der Waals surface area contributed by atoms with Crippen molar-refractivity contribution < 1.29 is 4.79 Å². The third-order valence-corrected chi connectivity index (χ3v) is 6.05. The number of nitrogens with zero attached hydrogens (tertiary/aromatic N) is 3. The number of hydrogen-bond donors (Lipinski definition) is 1. The van der Waals surface area contributed by atoms with Crippen LogP contribution in [0.3, 0.4) is 0 Å². The Bertz CT molecular complexity index is 1040. The van der Waals surface area contributed by atoms with Crippen LogP contribution in [0.5, 0.6) is 0 Å². The molecule has 1 atom stereocenters. The van der Waals surface area contributed by atoms with E-state index in [1.807, 2.05) is 61.5 Å². The van der Waals surface area contributed by atoms with E-state index < -0.39 is 0 Å². The predicted molar refractivity (Wildman–Crippen MR) is 133 cm³/mol. The van der Waals surface area contributed by atoms with Crippen LogP contribution in [-0.4, -0.2) is 46.3 Å². The van der Waals surface area contributed by atoms with Crippen molar-refractivity contribution in [2.45, 2.75) is 46.6 Å². The number of amides is 1. The molecular weight excluding hydrogens is 420 g/mol. The van der Waals surface area contributed by atoms with E-state index in [-0.39, 0.29) is 11.9 Å². The maximum atomic E-state index is 13.3. The second kappa shape index (κ2) is 11.3. The summed E-state index contributed by atoms with van der Waals surface area (Å²) in [5, 5.41) is 8.52. The van der Waals surface area contributed by atoms with Gasteiger partial charge in [-0.15, -0.1) is 0 Å². The average Bonchev–Trinajstić information content (AvgIpc) is 3.22. The van der Waals surface area contributed by atoms with Gasteiger partial charge in [0.1, 0.15) is 5.69 Å². The molecule has 1 unspecified atom stereocenters. The second-order valence-electron chi connectivity index (χ2n) is 8.19. The van der Waals surface area contributed by atoms with Gasteiger partial charge in [0.05, 0.1) is 16.4 Å². The average molecular weight is 453 g/mol. The standard InChI is InChI=1S/C26H33ClN4O/c1-5-30(6-2)16-10-12-20(4)28-26(32)25-18-24(22-14-7-8-15-23(22)27)29-31(25)21-13-9-11-19(3)17-21/h7-9,11,13-15,17-18,20H,5-6,10,12,16H2,1-4H3,(H,28,32). The number of carbonyl (C=O) groups is 1. The van der Waals surface area contributed by atoms with Gasteiger partial charge in [-0.2, -0.15) is 5.10 Å². The van der Waals surface area contributed by atoms with E-state index in [9.17, 15) is 4.79 Å². The van der Waals surface area contributed by atoms with Gasteiger partial charge in [0.2, 0.25) is 0 Å². The Hall–Kier alpha value is -2.63. The molecule has 0 aliphatic heterocycles. The van der Waals surface area contributed by atoms with E-state index >= 15 is 0 Å². The molecule has 2 aromatic carbocycles. The topological polar surface area (TPSA) is 50.2 Å². The molecule has 3 rings (SSSR count). The third-order valence-electron chi connectivity index (χ3n) is 5.72. The van der Waals surface area contributed by atoms with Crippen molar-refractivity contribution in [3.8, 4) is 16.9 Å². The number of aromatic nitrogens is 2. The molecule has 1 aromatic heterocycles. The predicted octanol–water partition coefficient (Wildman–Crippen LogP) is 5.74. The summed E-state index contributed by atoms with van der Waals surface area (Å²) in [5.74, 6) is -0.132. The first-order valence-corrected chi connectivity index (χ1v) is 11.8. The minimum atomic E-state index is -0.132. The zero-order valence-electron chi connectivity index (χ0n) is 19.4. The van der Waals surface area contributed by atoms with Crippen LogP contribution in [-0.2, 0) is 0 Å². The molecule has 0 saturated carbocycles. The van der Waals surface area contributed by atoms with Gasteiger partial charge < -0.3 is 10.2 Å². The van der Waals surface area contributed by atoms with Crippen molar-refractivity contribution in [2.75, 3.05) is 19.6 Å². The number of rotatable bonds is 10. The van der Waals surface area contributed by atoms with E-state index in [1.54, 1.807) is 4.68 Å². The first-order chi connectivity index (χ1) is 15.4. The summed E-state index contributed by atoms with van der Waals surface area (Å²) in [6.07, 6.45) is 1.98. The number of carbonyl (C=O) groups excluding carboxylic acids is 1. The molecular formula is C26H33ClN4O. The Labute approximate surface area is 196 Å². The first-order valence-electron chi connectivity index (χ1n) is 11.4. The minimum absolute atomic E-state index is 0.0719. The molecule has 170 valence electrons. The first kappa shape index (κ1) is 24.0. The smallest absolute Gasteiger partial charge is 0.270 e. The summed E-state index contributed by atoms with van der Waals surface area (Å²) < 4.78 is 1.71. The van der Waals surface area contributed by atoms with Crippen molar-refractivity contribution in [2.24, 2.45) is 0 Å². The zero-order valence-corrected chi connectivity index (χ0v) is 20.2. The second-order valence-corrected chi connectivity index (χ2v) is 8.60. The summed E-state index contributed by atoms with van der Waals surface area (Å²) in [5.41, 5.74) is 3.94. The van der Waals surface area contributed by atoms with E-state index in [4.69, 9.17) is 16.7 Å². The lowest BCUT2D eigenvalue weighted by Gasteiger charge is -2.20. The van der Waals surface area contributed by atoms with Crippen LogP contribution in [0.4, 0.5) is 0 Å². The van der Waals surface area contributed by atoms with Crippen LogP contribution < -0.4 is 5.32 Å². The van der Waals surface area contributed by atoms with Crippen LogP contribution in [0.2, 0.25) is 5.02 Å². The van der Waals surface area contributed by atoms with Crippen molar-refractivity contribution in [3.63, 3.8) is 0 Å². The highest BCUT2D eigenvalue weighted by Gasteiger charge is 2.20. The summed E-state index contributed by atoms with van der Waals surface area (Å²) in [6, 6.07) is 17.4. The lowest BCUT2D eigenvalue weighted by atomic mass is 10.1. The summed E-state index contributed by atoms with van der Waals surface area (Å²) >= 11 is 6.41. The lowest BCUT2D eigenvalue weighted by molar-refractivity contribution is 0.0929. The number of benzene rings is 2. The summed E-state index contributed by atoms with van der Waals surface area (Å²) in [7, 11) is 0. The Morgan fingerprint density at radius 2 is 1.88 bits per heavy atom.